The number of aromatic nitrogens is 1. The van der Waals surface area contributed by atoms with E-state index in [0.717, 1.165) is 30.8 Å². The summed E-state index contributed by atoms with van der Waals surface area (Å²) in [6.07, 6.45) is 3.61. The van der Waals surface area contributed by atoms with Crippen LogP contribution in [-0.2, 0) is 37.6 Å². The number of carbonyl (C=O) groups is 4. The molecule has 4 amide bonds. The topological polar surface area (TPSA) is 167 Å². The summed E-state index contributed by atoms with van der Waals surface area (Å²) in [7, 11) is -3.81. The lowest BCUT2D eigenvalue weighted by molar-refractivity contribution is -0.150. The average Bonchev–Trinajstić information content (AvgIpc) is 3.75. The molecule has 0 aliphatic carbocycles. The van der Waals surface area contributed by atoms with Crippen molar-refractivity contribution in [3.63, 3.8) is 0 Å². The maximum absolute atomic E-state index is 14.6. The third-order valence-electron chi connectivity index (χ3n) is 11.2. The van der Waals surface area contributed by atoms with Gasteiger partial charge in [-0.25, -0.2) is 0 Å². The van der Waals surface area contributed by atoms with Crippen molar-refractivity contribution in [1.82, 2.24) is 29.9 Å². The van der Waals surface area contributed by atoms with Gasteiger partial charge in [-0.3, -0.25) is 23.7 Å². The number of amides is 4. The van der Waals surface area contributed by atoms with E-state index in [1.165, 1.54) is 17.7 Å². The Hall–Kier alpha value is -4.17. The summed E-state index contributed by atoms with van der Waals surface area (Å²) in [6.45, 7) is 2.77. The molecule has 0 spiro atoms. The van der Waals surface area contributed by atoms with Gasteiger partial charge in [-0.05, 0) is 88.0 Å². The average molecular weight is 741 g/mol. The van der Waals surface area contributed by atoms with Crippen LogP contribution in [0.2, 0.25) is 0 Å². The fourth-order valence-corrected chi connectivity index (χ4v) is 8.65. The van der Waals surface area contributed by atoms with E-state index in [1.54, 1.807) is 14.7 Å². The van der Waals surface area contributed by atoms with Gasteiger partial charge >= 0.3 is 13.3 Å². The molecular weight excluding hydrogens is 697 g/mol. The molecule has 52 heavy (non-hydrogen) atoms. The van der Waals surface area contributed by atoms with Gasteiger partial charge in [0.1, 0.15) is 17.8 Å². The largest absolute Gasteiger partial charge is 0.399 e. The van der Waals surface area contributed by atoms with Crippen molar-refractivity contribution >= 4 is 42.1 Å². The molecule has 4 aliphatic rings. The smallest absolute Gasteiger partial charge is 0.351 e. The molecule has 0 unspecified atom stereocenters. The molecule has 278 valence electrons. The van der Waals surface area contributed by atoms with Crippen LogP contribution in [0, 0.1) is 5.92 Å². The van der Waals surface area contributed by atoms with E-state index in [4.69, 9.17) is 0 Å². The van der Waals surface area contributed by atoms with E-state index in [-0.39, 0.29) is 46.9 Å². The van der Waals surface area contributed by atoms with Crippen LogP contribution >= 0.6 is 7.60 Å². The van der Waals surface area contributed by atoms with Gasteiger partial charge < -0.3 is 39.7 Å². The van der Waals surface area contributed by atoms with Crippen LogP contribution in [0.15, 0.2) is 48.5 Å². The molecule has 0 radical (unpaired) electrons. The Labute approximate surface area is 299 Å². The summed E-state index contributed by atoms with van der Waals surface area (Å²) in [6, 6.07) is 9.96. The molecule has 3 fully saturated rings. The van der Waals surface area contributed by atoms with E-state index in [1.807, 2.05) is 25.2 Å². The molecule has 3 aromatic rings. The van der Waals surface area contributed by atoms with E-state index >= 15 is 0 Å². The van der Waals surface area contributed by atoms with Crippen molar-refractivity contribution < 1.29 is 42.3 Å². The maximum atomic E-state index is 14.6. The number of H-pyrrole nitrogens is 1. The Morgan fingerprint density at radius 2 is 1.63 bits per heavy atom. The summed E-state index contributed by atoms with van der Waals surface area (Å²) >= 11 is 0. The number of nitrogens with zero attached hydrogens (tertiary/aromatic N) is 4. The van der Waals surface area contributed by atoms with Gasteiger partial charge in [-0.15, -0.1) is 0 Å². The van der Waals surface area contributed by atoms with Crippen molar-refractivity contribution in [3.05, 3.63) is 70.9 Å². The highest BCUT2D eigenvalue weighted by molar-refractivity contribution is 7.52. The Bertz CT molecular complexity index is 1940. The molecule has 2 aromatic carbocycles. The third kappa shape index (κ3) is 6.87. The molecule has 5 heterocycles. The van der Waals surface area contributed by atoms with Gasteiger partial charge in [-0.2, -0.15) is 8.78 Å². The monoisotopic (exact) mass is 740 g/mol. The summed E-state index contributed by atoms with van der Waals surface area (Å²) in [5.41, 5.74) is -2.91. The highest BCUT2D eigenvalue weighted by atomic mass is 31.2. The zero-order valence-corrected chi connectivity index (χ0v) is 29.7. The lowest BCUT2D eigenvalue weighted by Crippen LogP contribution is -2.62. The number of hydrogen-bond acceptors (Lipinski definition) is 6. The number of piperidine rings is 1. The van der Waals surface area contributed by atoms with Crippen LogP contribution in [0.1, 0.15) is 59.3 Å². The second kappa shape index (κ2) is 14.0. The number of alkyl halides is 2. The number of fused-ring (bicyclic) bond motifs is 3. The molecule has 3 atom stereocenters. The lowest BCUT2D eigenvalue weighted by atomic mass is 9.94. The second-order valence-electron chi connectivity index (χ2n) is 14.5. The number of likely N-dealkylation sites (tertiary alicyclic amines) is 1. The fraction of sp³-hybridized carbons (Fsp3) is 0.500. The predicted molar refractivity (Wildman–Crippen MR) is 186 cm³/mol. The predicted octanol–water partition coefficient (Wildman–Crippen LogP) is 3.01. The van der Waals surface area contributed by atoms with Crippen molar-refractivity contribution in [2.75, 3.05) is 39.8 Å². The number of aromatic amines is 1. The Kier molecular flexibility index (Phi) is 9.74. The molecule has 3 saturated heterocycles. The van der Waals surface area contributed by atoms with Gasteiger partial charge in [0.15, 0.2) is 0 Å². The lowest BCUT2D eigenvalue weighted by Gasteiger charge is -2.41. The molecule has 4 N–H and O–H groups in total. The first-order valence-corrected chi connectivity index (χ1v) is 19.3. The van der Waals surface area contributed by atoms with E-state index in [0.29, 0.717) is 58.2 Å². The van der Waals surface area contributed by atoms with Crippen molar-refractivity contribution in [1.29, 1.82) is 0 Å². The molecule has 4 aliphatic heterocycles. The minimum atomic E-state index is -5.82. The molecule has 16 heteroatoms. The van der Waals surface area contributed by atoms with Gasteiger partial charge in [0.25, 0.3) is 5.91 Å². The van der Waals surface area contributed by atoms with Crippen molar-refractivity contribution in [2.45, 2.75) is 68.9 Å². The number of benzene rings is 2. The number of rotatable bonds is 6. The quantitative estimate of drug-likeness (QED) is 0.280. The SMILES string of the molecule is CN1CCC(C(=O)N2CC[C@H]3CC[C@@H](C(=O)N4CCc5ccccc5C4)N3C(=O)[C@@H](NC(=O)c3cc4cc(C(F)(F)P(=O)(O)O)ccc4[nH]3)C2)CC1. The Morgan fingerprint density at radius 3 is 2.37 bits per heavy atom. The minimum Gasteiger partial charge on any atom is -0.351 e. The van der Waals surface area contributed by atoms with Crippen LogP contribution in [0.4, 0.5) is 8.78 Å². The Morgan fingerprint density at radius 1 is 0.904 bits per heavy atom. The zero-order valence-electron chi connectivity index (χ0n) is 28.8. The number of hydrogen-bond donors (Lipinski definition) is 4. The van der Waals surface area contributed by atoms with Crippen LogP contribution in [-0.4, -0.2) is 116 Å². The standard InChI is InChI=1S/C36H43F2N6O7P/c1-41-14-10-23(11-15-41)33(46)43-17-13-27-7-9-31(35(48)42-16-12-22-4-2-3-5-24(22)20-42)44(27)34(47)30(21-43)40-32(45)29-19-25-18-26(6-8-28(25)39-29)36(37,38)52(49,50)51/h2-6,8,18-19,23,27,30-31,39H,7,9-17,20-21H2,1H3,(H,40,45)(H2,49,50,51)/t27-,30+,31+/m1/s1. The summed E-state index contributed by atoms with van der Waals surface area (Å²) < 4.78 is 40.4. The van der Waals surface area contributed by atoms with E-state index in [9.17, 15) is 42.3 Å². The third-order valence-corrected chi connectivity index (χ3v) is 12.2. The zero-order chi connectivity index (χ0) is 36.9. The molecule has 13 nitrogen and oxygen atoms in total. The first-order valence-electron chi connectivity index (χ1n) is 17.7. The van der Waals surface area contributed by atoms with Gasteiger partial charge in [-0.1, -0.05) is 30.3 Å². The summed E-state index contributed by atoms with van der Waals surface area (Å²) in [5, 5.41) is 2.89. The number of carbonyl (C=O) groups excluding carboxylic acids is 4. The highest BCUT2D eigenvalue weighted by Crippen LogP contribution is 2.59. The Balaban J connectivity index is 1.15. The van der Waals surface area contributed by atoms with Crippen LogP contribution < -0.4 is 5.32 Å². The normalized spacial score (nSPS) is 23.6. The number of halogens is 2. The summed E-state index contributed by atoms with van der Waals surface area (Å²) in [5.74, 6) is -1.64. The summed E-state index contributed by atoms with van der Waals surface area (Å²) in [4.78, 5) is 84.8. The maximum Gasteiger partial charge on any atom is 0.399 e. The molecule has 0 bridgehead atoms. The first-order chi connectivity index (χ1) is 24.7. The molecule has 1 aromatic heterocycles. The van der Waals surface area contributed by atoms with Crippen molar-refractivity contribution in [2.24, 2.45) is 5.92 Å². The fourth-order valence-electron chi connectivity index (χ4n) is 8.18. The van der Waals surface area contributed by atoms with Crippen LogP contribution in [0.5, 0.6) is 0 Å². The van der Waals surface area contributed by atoms with E-state index in [2.05, 4.69) is 21.3 Å². The van der Waals surface area contributed by atoms with Crippen LogP contribution in [0.3, 0.4) is 0 Å². The van der Waals surface area contributed by atoms with Gasteiger partial charge in [0.05, 0.1) is 0 Å². The number of nitrogens with one attached hydrogen (secondary N) is 2. The molecular formula is C36H43F2N6O7P. The van der Waals surface area contributed by atoms with Crippen LogP contribution in [0.25, 0.3) is 10.9 Å². The van der Waals surface area contributed by atoms with Gasteiger partial charge in [0.2, 0.25) is 17.7 Å². The first kappa shape index (κ1) is 36.2. The van der Waals surface area contributed by atoms with E-state index < -0.39 is 42.7 Å². The van der Waals surface area contributed by atoms with Crippen molar-refractivity contribution in [3.8, 4) is 0 Å². The molecule has 0 saturated carbocycles. The highest BCUT2D eigenvalue weighted by Gasteiger charge is 2.51. The molecule has 7 rings (SSSR count). The van der Waals surface area contributed by atoms with Gasteiger partial charge in [0, 0.05) is 54.6 Å². The second-order valence-corrected chi connectivity index (χ2v) is 16.2. The minimum absolute atomic E-state index is 0.0738.